The van der Waals surface area contributed by atoms with E-state index in [1.54, 1.807) is 12.1 Å². The molecule has 8 heteroatoms. The van der Waals surface area contributed by atoms with Crippen LogP contribution in [-0.4, -0.2) is 38.2 Å². The number of carbonyl (C=O) groups excluding carboxylic acids is 2. The molecule has 3 amide bonds. The number of hydrogen-bond acceptors (Lipinski definition) is 4. The van der Waals surface area contributed by atoms with Gasteiger partial charge in [-0.25, -0.2) is 4.79 Å². The van der Waals surface area contributed by atoms with Gasteiger partial charge in [0.2, 0.25) is 5.91 Å². The molecule has 164 valence electrons. The molecular weight excluding hydrogens is 406 g/mol. The van der Waals surface area contributed by atoms with Gasteiger partial charge >= 0.3 is 6.03 Å². The van der Waals surface area contributed by atoms with Crippen LogP contribution in [0.25, 0.3) is 0 Å². The van der Waals surface area contributed by atoms with Gasteiger partial charge in [0.15, 0.2) is 0 Å². The number of amides is 3. The van der Waals surface area contributed by atoms with E-state index in [2.05, 4.69) is 16.0 Å². The van der Waals surface area contributed by atoms with E-state index in [1.807, 2.05) is 0 Å². The summed E-state index contributed by atoms with van der Waals surface area (Å²) in [7, 11) is 3.02. The number of methoxy groups -OCH3 is 2. The lowest BCUT2D eigenvalue weighted by atomic mass is 9.53. The molecule has 7 nitrogen and oxygen atoms in total. The Labute approximate surface area is 182 Å². The molecule has 4 fully saturated rings. The Balaban J connectivity index is 1.25. The largest absolute Gasteiger partial charge is 0.495 e. The first-order valence-corrected chi connectivity index (χ1v) is 11.0. The van der Waals surface area contributed by atoms with E-state index in [0.29, 0.717) is 22.2 Å². The number of benzene rings is 1. The minimum Gasteiger partial charge on any atom is -0.495 e. The summed E-state index contributed by atoms with van der Waals surface area (Å²) in [5.41, 5.74) is 0.431. The molecule has 4 aliphatic rings. The van der Waals surface area contributed by atoms with Gasteiger partial charge in [0.1, 0.15) is 11.5 Å². The summed E-state index contributed by atoms with van der Waals surface area (Å²) >= 11 is 6.14. The quantitative estimate of drug-likeness (QED) is 0.605. The Morgan fingerprint density at radius 2 is 1.63 bits per heavy atom. The summed E-state index contributed by atoms with van der Waals surface area (Å²) in [6, 6.07) is 3.04. The molecule has 5 rings (SSSR count). The molecule has 30 heavy (non-hydrogen) atoms. The minimum atomic E-state index is -0.232. The molecule has 0 aliphatic heterocycles. The van der Waals surface area contributed by atoms with Crippen LogP contribution in [0.5, 0.6) is 11.5 Å². The smallest absolute Gasteiger partial charge is 0.315 e. The van der Waals surface area contributed by atoms with Crippen molar-refractivity contribution in [2.75, 3.05) is 26.1 Å². The molecule has 0 atom stereocenters. The van der Waals surface area contributed by atoms with E-state index in [9.17, 15) is 9.59 Å². The topological polar surface area (TPSA) is 88.7 Å². The van der Waals surface area contributed by atoms with Crippen molar-refractivity contribution >= 4 is 29.2 Å². The van der Waals surface area contributed by atoms with Gasteiger partial charge in [-0.2, -0.15) is 0 Å². The highest BCUT2D eigenvalue weighted by Gasteiger charge is 2.51. The summed E-state index contributed by atoms with van der Waals surface area (Å²) in [5.74, 6) is 3.01. The maximum atomic E-state index is 12.5. The van der Waals surface area contributed by atoms with Crippen molar-refractivity contribution in [1.82, 2.24) is 10.6 Å². The number of urea groups is 1. The number of carbonyl (C=O) groups is 2. The molecule has 1 aromatic rings. The van der Waals surface area contributed by atoms with E-state index in [0.717, 1.165) is 37.0 Å². The van der Waals surface area contributed by atoms with Crippen molar-refractivity contribution in [1.29, 1.82) is 0 Å². The number of anilines is 1. The van der Waals surface area contributed by atoms with Crippen molar-refractivity contribution < 1.29 is 19.1 Å². The first-order chi connectivity index (χ1) is 14.4. The van der Waals surface area contributed by atoms with Gasteiger partial charge in [-0.05, 0) is 62.3 Å². The number of hydrogen-bond donors (Lipinski definition) is 3. The van der Waals surface area contributed by atoms with Gasteiger partial charge in [0.05, 0.1) is 24.9 Å². The summed E-state index contributed by atoms with van der Waals surface area (Å²) in [6.45, 7) is 0.260. The molecule has 0 aromatic heterocycles. The Hall–Kier alpha value is -2.15. The van der Waals surface area contributed by atoms with Gasteiger partial charge < -0.3 is 25.4 Å². The second-order valence-electron chi connectivity index (χ2n) is 9.06. The summed E-state index contributed by atoms with van der Waals surface area (Å²) in [6.07, 6.45) is 7.46. The first kappa shape index (κ1) is 21.1. The van der Waals surface area contributed by atoms with Crippen LogP contribution in [0, 0.1) is 17.8 Å². The van der Waals surface area contributed by atoms with Crippen LogP contribution in [0.4, 0.5) is 10.5 Å². The molecule has 4 aliphatic carbocycles. The predicted molar refractivity (Wildman–Crippen MR) is 115 cm³/mol. The lowest BCUT2D eigenvalue weighted by molar-refractivity contribution is -0.116. The van der Waals surface area contributed by atoms with Crippen LogP contribution in [0.3, 0.4) is 0 Å². The standard InChI is InChI=1S/C22H30ClN3O4/c1-29-18-9-19(30-2)17(8-16(18)23)25-20(27)3-4-24-21(28)26-22-10-13-5-14(11-22)7-15(6-13)12-22/h8-9,13-15H,3-7,10-12H2,1-2H3,(H,25,27)(H2,24,26,28). The maximum Gasteiger partial charge on any atom is 0.315 e. The van der Waals surface area contributed by atoms with E-state index in [1.165, 1.54) is 33.5 Å². The summed E-state index contributed by atoms with van der Waals surface area (Å²) < 4.78 is 10.4. The minimum absolute atomic E-state index is 0.0334. The van der Waals surface area contributed by atoms with E-state index in [4.69, 9.17) is 21.1 Å². The van der Waals surface area contributed by atoms with E-state index >= 15 is 0 Å². The van der Waals surface area contributed by atoms with Crippen molar-refractivity contribution in [3.05, 3.63) is 17.2 Å². The molecular formula is C22H30ClN3O4. The third kappa shape index (κ3) is 4.46. The average molecular weight is 436 g/mol. The van der Waals surface area contributed by atoms with Gasteiger partial charge in [-0.15, -0.1) is 0 Å². The van der Waals surface area contributed by atoms with Crippen LogP contribution in [0.2, 0.25) is 5.02 Å². The number of halogens is 1. The van der Waals surface area contributed by atoms with Gasteiger partial charge in [-0.3, -0.25) is 4.79 Å². The molecule has 0 unspecified atom stereocenters. The van der Waals surface area contributed by atoms with Crippen LogP contribution in [0.1, 0.15) is 44.9 Å². The molecule has 0 heterocycles. The van der Waals surface area contributed by atoms with Gasteiger partial charge in [0, 0.05) is 24.6 Å². The van der Waals surface area contributed by atoms with E-state index < -0.39 is 0 Å². The van der Waals surface area contributed by atoms with Crippen LogP contribution < -0.4 is 25.4 Å². The van der Waals surface area contributed by atoms with Gasteiger partial charge in [-0.1, -0.05) is 11.6 Å². The normalized spacial score (nSPS) is 28.7. The summed E-state index contributed by atoms with van der Waals surface area (Å²) in [4.78, 5) is 24.8. The van der Waals surface area contributed by atoms with Gasteiger partial charge in [0.25, 0.3) is 0 Å². The number of nitrogens with one attached hydrogen (secondary N) is 3. The SMILES string of the molecule is COc1cc(OC)c(NC(=O)CCNC(=O)NC23CC4CC(CC(C4)C2)C3)cc1Cl. The predicted octanol–water partition coefficient (Wildman–Crippen LogP) is 3.95. The molecule has 4 saturated carbocycles. The van der Waals surface area contributed by atoms with Crippen LogP contribution in [0.15, 0.2) is 12.1 Å². The molecule has 3 N–H and O–H groups in total. The maximum absolute atomic E-state index is 12.5. The molecule has 4 bridgehead atoms. The van der Waals surface area contributed by atoms with Crippen molar-refractivity contribution in [3.63, 3.8) is 0 Å². The zero-order chi connectivity index (χ0) is 21.3. The zero-order valence-electron chi connectivity index (χ0n) is 17.6. The fourth-order valence-electron chi connectivity index (χ4n) is 6.01. The Morgan fingerprint density at radius 1 is 1.03 bits per heavy atom. The Morgan fingerprint density at radius 3 is 2.20 bits per heavy atom. The Kier molecular flexibility index (Phi) is 6.00. The van der Waals surface area contributed by atoms with Crippen LogP contribution in [-0.2, 0) is 4.79 Å². The highest BCUT2D eigenvalue weighted by molar-refractivity contribution is 6.32. The van der Waals surface area contributed by atoms with Crippen molar-refractivity contribution in [2.24, 2.45) is 17.8 Å². The lowest BCUT2D eigenvalue weighted by Gasteiger charge is -2.56. The second-order valence-corrected chi connectivity index (χ2v) is 9.47. The number of rotatable bonds is 7. The highest BCUT2D eigenvalue weighted by atomic mass is 35.5. The molecule has 1 aromatic carbocycles. The van der Waals surface area contributed by atoms with Crippen LogP contribution >= 0.6 is 11.6 Å². The fraction of sp³-hybridized carbons (Fsp3) is 0.636. The van der Waals surface area contributed by atoms with E-state index in [-0.39, 0.29) is 30.4 Å². The Bertz CT molecular complexity index is 794. The highest BCUT2D eigenvalue weighted by Crippen LogP contribution is 2.55. The first-order valence-electron chi connectivity index (χ1n) is 10.7. The average Bonchev–Trinajstić information content (AvgIpc) is 2.66. The molecule has 0 saturated heterocycles. The third-order valence-electron chi connectivity index (χ3n) is 6.80. The zero-order valence-corrected chi connectivity index (χ0v) is 18.3. The second kappa shape index (κ2) is 8.53. The summed E-state index contributed by atoms with van der Waals surface area (Å²) in [5, 5.41) is 9.25. The van der Waals surface area contributed by atoms with Crippen molar-refractivity contribution in [2.45, 2.75) is 50.5 Å². The van der Waals surface area contributed by atoms with Crippen molar-refractivity contribution in [3.8, 4) is 11.5 Å². The molecule has 0 spiro atoms. The molecule has 0 radical (unpaired) electrons. The third-order valence-corrected chi connectivity index (χ3v) is 7.10. The fourth-order valence-corrected chi connectivity index (χ4v) is 6.25. The number of ether oxygens (including phenoxy) is 2. The lowest BCUT2D eigenvalue weighted by Crippen LogP contribution is -2.61. The monoisotopic (exact) mass is 435 g/mol.